The van der Waals surface area contributed by atoms with E-state index in [9.17, 15) is 9.36 Å². The normalized spacial score (nSPS) is 16.7. The molecule has 7 heteroatoms. The number of nitrogens with two attached hydrogens (primary N) is 1. The van der Waals surface area contributed by atoms with Gasteiger partial charge in [-0.25, -0.2) is 0 Å². The van der Waals surface area contributed by atoms with Crippen LogP contribution in [0.3, 0.4) is 0 Å². The number of carbonyl (C=O) groups is 1. The van der Waals surface area contributed by atoms with Crippen molar-refractivity contribution in [2.45, 2.75) is 19.9 Å². The Labute approximate surface area is 82.3 Å². The van der Waals surface area contributed by atoms with E-state index in [0.717, 1.165) is 0 Å². The molecule has 0 aliphatic carbocycles. The van der Waals surface area contributed by atoms with E-state index in [1.54, 1.807) is 13.8 Å². The topological polar surface area (TPSA) is 121 Å². The van der Waals surface area contributed by atoms with Crippen molar-refractivity contribution in [3.8, 4) is 0 Å². The number of rotatable bonds is 5. The fraction of sp³-hybridized carbons (Fsp3) is 0.857. The molecule has 0 bridgehead atoms. The van der Waals surface area contributed by atoms with Gasteiger partial charge in [0, 0.05) is 0 Å². The summed E-state index contributed by atoms with van der Waals surface area (Å²) in [6, 6.07) is -1.23. The largest absolute Gasteiger partial charge is 0.480 e. The van der Waals surface area contributed by atoms with Gasteiger partial charge >= 0.3 is 13.6 Å². The predicted octanol–water partition coefficient (Wildman–Crippen LogP) is -0.152. The Kier molecular flexibility index (Phi) is 4.74. The lowest BCUT2D eigenvalue weighted by Crippen LogP contribution is -2.42. The monoisotopic (exact) mass is 225 g/mol. The lowest BCUT2D eigenvalue weighted by Gasteiger charge is -2.24. The first-order valence-corrected chi connectivity index (χ1v) is 5.98. The van der Waals surface area contributed by atoms with Crippen molar-refractivity contribution >= 4 is 13.6 Å². The summed E-state index contributed by atoms with van der Waals surface area (Å²) in [6.07, 6.45) is -0.488. The van der Waals surface area contributed by atoms with E-state index >= 15 is 0 Å². The first-order chi connectivity index (χ1) is 6.15. The molecule has 0 aromatic carbocycles. The van der Waals surface area contributed by atoms with E-state index in [1.165, 1.54) is 0 Å². The van der Waals surface area contributed by atoms with Crippen LogP contribution in [0.4, 0.5) is 0 Å². The van der Waals surface area contributed by atoms with Crippen molar-refractivity contribution in [1.82, 2.24) is 0 Å². The van der Waals surface area contributed by atoms with Gasteiger partial charge in [0.2, 0.25) is 0 Å². The highest BCUT2D eigenvalue weighted by atomic mass is 31.2. The van der Waals surface area contributed by atoms with Crippen molar-refractivity contribution in [2.24, 2.45) is 17.6 Å². The number of carboxylic acids is 1. The van der Waals surface area contributed by atoms with E-state index < -0.39 is 31.7 Å². The van der Waals surface area contributed by atoms with Crippen LogP contribution < -0.4 is 5.73 Å². The zero-order chi connectivity index (χ0) is 11.5. The highest BCUT2D eigenvalue weighted by molar-refractivity contribution is 7.51. The SMILES string of the molecule is CC(C)C(CP(=O)(O)O)[C@@H](N)C(=O)O. The molecule has 0 heterocycles. The minimum Gasteiger partial charge on any atom is -0.480 e. The van der Waals surface area contributed by atoms with Crippen LogP contribution >= 0.6 is 7.60 Å². The second kappa shape index (κ2) is 4.89. The molecule has 0 spiro atoms. The van der Waals surface area contributed by atoms with Crippen LogP contribution in [0, 0.1) is 11.8 Å². The smallest absolute Gasteiger partial charge is 0.325 e. The Bertz CT molecular complexity index is 248. The van der Waals surface area contributed by atoms with Gasteiger partial charge in [-0.2, -0.15) is 0 Å². The Morgan fingerprint density at radius 1 is 1.43 bits per heavy atom. The van der Waals surface area contributed by atoms with Crippen LogP contribution in [-0.2, 0) is 9.36 Å². The van der Waals surface area contributed by atoms with Crippen molar-refractivity contribution in [1.29, 1.82) is 0 Å². The quantitative estimate of drug-likeness (QED) is 0.483. The molecule has 0 aliphatic rings. The first-order valence-electron chi connectivity index (χ1n) is 4.18. The molecule has 1 unspecified atom stereocenters. The fourth-order valence-corrected chi connectivity index (χ4v) is 2.39. The summed E-state index contributed by atoms with van der Waals surface area (Å²) in [5.74, 6) is -2.14. The third-order valence-corrected chi connectivity index (χ3v) is 2.95. The van der Waals surface area contributed by atoms with Gasteiger partial charge in [-0.05, 0) is 11.8 Å². The van der Waals surface area contributed by atoms with Gasteiger partial charge in [0.05, 0.1) is 6.16 Å². The lowest BCUT2D eigenvalue weighted by molar-refractivity contribution is -0.140. The zero-order valence-electron chi connectivity index (χ0n) is 8.12. The third-order valence-electron chi connectivity index (χ3n) is 2.05. The highest BCUT2D eigenvalue weighted by Crippen LogP contribution is 2.39. The summed E-state index contributed by atoms with van der Waals surface area (Å²) in [5.41, 5.74) is 5.33. The third kappa shape index (κ3) is 4.72. The van der Waals surface area contributed by atoms with Crippen LogP contribution in [0.5, 0.6) is 0 Å². The van der Waals surface area contributed by atoms with Crippen LogP contribution in [0.15, 0.2) is 0 Å². The maximum atomic E-state index is 10.7. The maximum absolute atomic E-state index is 10.7. The summed E-state index contributed by atoms with van der Waals surface area (Å²) in [4.78, 5) is 28.0. The number of aliphatic carboxylic acids is 1. The number of hydrogen-bond acceptors (Lipinski definition) is 3. The van der Waals surface area contributed by atoms with Gasteiger partial charge in [0.25, 0.3) is 0 Å². The highest BCUT2D eigenvalue weighted by Gasteiger charge is 2.32. The number of hydrogen-bond donors (Lipinski definition) is 4. The average molecular weight is 225 g/mol. The second-order valence-electron chi connectivity index (χ2n) is 3.62. The molecule has 0 aromatic heterocycles. The molecule has 0 rings (SSSR count). The summed E-state index contributed by atoms with van der Waals surface area (Å²) in [7, 11) is -4.21. The van der Waals surface area contributed by atoms with Crippen molar-refractivity contribution in [3.05, 3.63) is 0 Å². The molecule has 0 aromatic rings. The molecule has 2 atom stereocenters. The van der Waals surface area contributed by atoms with Crippen LogP contribution in [0.25, 0.3) is 0 Å². The maximum Gasteiger partial charge on any atom is 0.325 e. The number of carboxylic acid groups (broad SMARTS) is 1. The molecule has 5 N–H and O–H groups in total. The lowest BCUT2D eigenvalue weighted by atomic mass is 9.91. The van der Waals surface area contributed by atoms with Gasteiger partial charge in [-0.1, -0.05) is 13.8 Å². The van der Waals surface area contributed by atoms with E-state index in [2.05, 4.69) is 0 Å². The standard InChI is InChI=1S/C7H16NO5P/c1-4(2)5(3-14(11,12)13)6(8)7(9)10/h4-6H,3,8H2,1-2H3,(H,9,10)(H2,11,12,13)/t5?,6-/m1/s1. The van der Waals surface area contributed by atoms with Gasteiger partial charge in [0.15, 0.2) is 0 Å². The fourth-order valence-electron chi connectivity index (χ4n) is 1.20. The van der Waals surface area contributed by atoms with E-state index in [1.807, 2.05) is 0 Å². The minimum absolute atomic E-state index is 0.186. The predicted molar refractivity (Wildman–Crippen MR) is 50.9 cm³/mol. The van der Waals surface area contributed by atoms with Crippen LogP contribution in [-0.4, -0.2) is 33.1 Å². The zero-order valence-corrected chi connectivity index (χ0v) is 9.02. The van der Waals surface area contributed by atoms with Gasteiger partial charge in [-0.3, -0.25) is 9.36 Å². The second-order valence-corrected chi connectivity index (χ2v) is 5.31. The molecule has 0 saturated carbocycles. The summed E-state index contributed by atoms with van der Waals surface area (Å²) < 4.78 is 10.7. The molecule has 0 radical (unpaired) electrons. The molecule has 6 nitrogen and oxygen atoms in total. The van der Waals surface area contributed by atoms with Crippen molar-refractivity contribution in [3.63, 3.8) is 0 Å². The average Bonchev–Trinajstić information content (AvgIpc) is 1.96. The Morgan fingerprint density at radius 2 is 1.86 bits per heavy atom. The van der Waals surface area contributed by atoms with Gasteiger partial charge < -0.3 is 20.6 Å². The summed E-state index contributed by atoms with van der Waals surface area (Å²) in [5, 5.41) is 8.62. The van der Waals surface area contributed by atoms with Crippen LogP contribution in [0.1, 0.15) is 13.8 Å². The summed E-state index contributed by atoms with van der Waals surface area (Å²) >= 11 is 0. The molecular weight excluding hydrogens is 209 g/mol. The minimum atomic E-state index is -4.21. The van der Waals surface area contributed by atoms with Crippen molar-refractivity contribution in [2.75, 3.05) is 6.16 Å². The van der Waals surface area contributed by atoms with Crippen LogP contribution in [0.2, 0.25) is 0 Å². The van der Waals surface area contributed by atoms with Crippen molar-refractivity contribution < 1.29 is 24.3 Å². The summed E-state index contributed by atoms with van der Waals surface area (Å²) in [6.45, 7) is 3.37. The van der Waals surface area contributed by atoms with Gasteiger partial charge in [0.1, 0.15) is 6.04 Å². The van der Waals surface area contributed by atoms with Gasteiger partial charge in [-0.15, -0.1) is 0 Å². The first kappa shape index (κ1) is 13.6. The molecule has 0 amide bonds. The molecule has 0 aliphatic heterocycles. The van der Waals surface area contributed by atoms with E-state index in [0.29, 0.717) is 0 Å². The van der Waals surface area contributed by atoms with E-state index in [-0.39, 0.29) is 5.92 Å². The Balaban J connectivity index is 4.61. The molecule has 0 fully saturated rings. The Hall–Kier alpha value is -0.420. The molecule has 14 heavy (non-hydrogen) atoms. The van der Waals surface area contributed by atoms with E-state index in [4.69, 9.17) is 20.6 Å². The molecule has 0 saturated heterocycles. The molecular formula is C7H16NO5P. The molecule has 84 valence electrons. The Morgan fingerprint density at radius 3 is 2.07 bits per heavy atom.